The average Bonchev–Trinajstić information content (AvgIpc) is 2.27. The average molecular weight is 215 g/mol. The van der Waals surface area contributed by atoms with Gasteiger partial charge in [-0.1, -0.05) is 12.1 Å². The SMILES string of the molecule is COC(=O)c1ccc([C@H](N)C(F)F)cc1. The maximum Gasteiger partial charge on any atom is 0.337 e. The molecule has 1 atom stereocenters. The number of alkyl halides is 2. The fourth-order valence-electron chi connectivity index (χ4n) is 1.10. The largest absolute Gasteiger partial charge is 0.465 e. The Morgan fingerprint density at radius 3 is 2.27 bits per heavy atom. The number of hydrogen-bond donors (Lipinski definition) is 1. The minimum atomic E-state index is -2.62. The van der Waals surface area contributed by atoms with Crippen molar-refractivity contribution in [2.45, 2.75) is 12.5 Å². The predicted octanol–water partition coefficient (Wildman–Crippen LogP) is 1.74. The lowest BCUT2D eigenvalue weighted by atomic mass is 10.1. The van der Waals surface area contributed by atoms with Crippen LogP contribution in [0.25, 0.3) is 0 Å². The Balaban J connectivity index is 2.85. The highest BCUT2D eigenvalue weighted by Crippen LogP contribution is 2.18. The van der Waals surface area contributed by atoms with Gasteiger partial charge in [-0.05, 0) is 17.7 Å². The van der Waals surface area contributed by atoms with Gasteiger partial charge in [0.05, 0.1) is 18.7 Å². The maximum atomic E-state index is 12.2. The van der Waals surface area contributed by atoms with Gasteiger partial charge in [0.1, 0.15) is 0 Å². The summed E-state index contributed by atoms with van der Waals surface area (Å²) in [6.07, 6.45) is -2.62. The van der Waals surface area contributed by atoms with Crippen molar-refractivity contribution in [3.05, 3.63) is 35.4 Å². The highest BCUT2D eigenvalue weighted by Gasteiger charge is 2.17. The van der Waals surface area contributed by atoms with Crippen LogP contribution < -0.4 is 5.73 Å². The summed E-state index contributed by atoms with van der Waals surface area (Å²) in [5.74, 6) is -0.507. The zero-order chi connectivity index (χ0) is 11.4. The van der Waals surface area contributed by atoms with Crippen LogP contribution in [-0.4, -0.2) is 19.5 Å². The molecule has 0 heterocycles. The second-order valence-electron chi connectivity index (χ2n) is 2.97. The van der Waals surface area contributed by atoms with E-state index in [1.807, 2.05) is 0 Å². The number of carbonyl (C=O) groups is 1. The van der Waals surface area contributed by atoms with Gasteiger partial charge in [-0.15, -0.1) is 0 Å². The van der Waals surface area contributed by atoms with Gasteiger partial charge in [0.15, 0.2) is 0 Å². The molecule has 0 saturated carbocycles. The minimum Gasteiger partial charge on any atom is -0.465 e. The van der Waals surface area contributed by atoms with E-state index < -0.39 is 18.4 Å². The second-order valence-corrected chi connectivity index (χ2v) is 2.97. The molecule has 15 heavy (non-hydrogen) atoms. The monoisotopic (exact) mass is 215 g/mol. The quantitative estimate of drug-likeness (QED) is 0.781. The zero-order valence-corrected chi connectivity index (χ0v) is 8.11. The highest BCUT2D eigenvalue weighted by atomic mass is 19.3. The number of methoxy groups -OCH3 is 1. The lowest BCUT2D eigenvalue weighted by Crippen LogP contribution is -2.18. The molecule has 0 aliphatic carbocycles. The molecule has 0 radical (unpaired) electrons. The first-order valence-corrected chi connectivity index (χ1v) is 4.28. The molecule has 0 spiro atoms. The molecule has 0 amide bonds. The lowest BCUT2D eigenvalue weighted by molar-refractivity contribution is 0.0600. The number of esters is 1. The van der Waals surface area contributed by atoms with Crippen LogP contribution in [0.15, 0.2) is 24.3 Å². The third-order valence-electron chi connectivity index (χ3n) is 1.99. The van der Waals surface area contributed by atoms with Gasteiger partial charge in [-0.25, -0.2) is 13.6 Å². The summed E-state index contributed by atoms with van der Waals surface area (Å²) >= 11 is 0. The molecular formula is C10H11F2NO2. The van der Waals surface area contributed by atoms with Gasteiger partial charge < -0.3 is 10.5 Å². The molecule has 1 rings (SSSR count). The van der Waals surface area contributed by atoms with E-state index >= 15 is 0 Å². The lowest BCUT2D eigenvalue weighted by Gasteiger charge is -2.10. The van der Waals surface area contributed by atoms with Crippen molar-refractivity contribution >= 4 is 5.97 Å². The van der Waals surface area contributed by atoms with E-state index in [-0.39, 0.29) is 5.56 Å². The van der Waals surface area contributed by atoms with Crippen LogP contribution in [0.4, 0.5) is 8.78 Å². The summed E-state index contributed by atoms with van der Waals surface area (Å²) in [5, 5.41) is 0. The van der Waals surface area contributed by atoms with Crippen LogP contribution >= 0.6 is 0 Å². The molecular weight excluding hydrogens is 204 g/mol. The Hall–Kier alpha value is -1.49. The van der Waals surface area contributed by atoms with Crippen LogP contribution in [0.2, 0.25) is 0 Å². The molecule has 0 aromatic heterocycles. The molecule has 0 saturated heterocycles. The van der Waals surface area contributed by atoms with Crippen molar-refractivity contribution in [3.63, 3.8) is 0 Å². The molecule has 0 unspecified atom stereocenters. The van der Waals surface area contributed by atoms with Gasteiger partial charge in [-0.2, -0.15) is 0 Å². The predicted molar refractivity (Wildman–Crippen MR) is 50.7 cm³/mol. The number of halogens is 2. The van der Waals surface area contributed by atoms with Crippen LogP contribution in [0.5, 0.6) is 0 Å². The standard InChI is InChI=1S/C10H11F2NO2/c1-15-10(14)7-4-2-6(3-5-7)8(13)9(11)12/h2-5,8-9H,13H2,1H3/t8-/m0/s1. The number of carbonyl (C=O) groups excluding carboxylic acids is 1. The van der Waals surface area contributed by atoms with E-state index in [1.165, 1.54) is 31.4 Å². The Bertz CT molecular complexity index is 338. The fraction of sp³-hybridized carbons (Fsp3) is 0.300. The Morgan fingerprint density at radius 2 is 1.87 bits per heavy atom. The van der Waals surface area contributed by atoms with E-state index in [0.29, 0.717) is 5.56 Å². The third kappa shape index (κ3) is 2.73. The molecule has 0 aliphatic heterocycles. The number of rotatable bonds is 3. The first-order chi connectivity index (χ1) is 7.06. The molecule has 2 N–H and O–H groups in total. The maximum absolute atomic E-state index is 12.2. The number of benzene rings is 1. The molecule has 0 aliphatic rings. The molecule has 3 nitrogen and oxygen atoms in total. The van der Waals surface area contributed by atoms with Crippen molar-refractivity contribution in [2.75, 3.05) is 7.11 Å². The van der Waals surface area contributed by atoms with Crippen LogP contribution in [0, 0.1) is 0 Å². The summed E-state index contributed by atoms with van der Waals surface area (Å²) in [6, 6.07) is 4.27. The van der Waals surface area contributed by atoms with Gasteiger partial charge >= 0.3 is 5.97 Å². The van der Waals surface area contributed by atoms with Gasteiger partial charge in [0.25, 0.3) is 6.43 Å². The summed E-state index contributed by atoms with van der Waals surface area (Å²) in [4.78, 5) is 11.0. The van der Waals surface area contributed by atoms with Crippen molar-refractivity contribution in [1.82, 2.24) is 0 Å². The van der Waals surface area contributed by atoms with E-state index in [0.717, 1.165) is 0 Å². The molecule has 82 valence electrons. The summed E-state index contributed by atoms with van der Waals surface area (Å²) < 4.78 is 28.9. The van der Waals surface area contributed by atoms with Gasteiger partial charge in [0.2, 0.25) is 0 Å². The Labute approximate surface area is 85.8 Å². The summed E-state index contributed by atoms with van der Waals surface area (Å²) in [7, 11) is 1.25. The van der Waals surface area contributed by atoms with Crippen molar-refractivity contribution < 1.29 is 18.3 Å². The van der Waals surface area contributed by atoms with Gasteiger partial charge in [0, 0.05) is 0 Å². The third-order valence-corrected chi connectivity index (χ3v) is 1.99. The molecule has 1 aromatic rings. The van der Waals surface area contributed by atoms with Crippen molar-refractivity contribution in [2.24, 2.45) is 5.73 Å². The van der Waals surface area contributed by atoms with Crippen LogP contribution in [0.3, 0.4) is 0 Å². The van der Waals surface area contributed by atoms with Crippen molar-refractivity contribution in [1.29, 1.82) is 0 Å². The van der Waals surface area contributed by atoms with Crippen LogP contribution in [0.1, 0.15) is 22.0 Å². The normalized spacial score (nSPS) is 12.6. The molecule has 0 fully saturated rings. The second kappa shape index (κ2) is 4.84. The Morgan fingerprint density at radius 1 is 1.33 bits per heavy atom. The van der Waals surface area contributed by atoms with E-state index in [4.69, 9.17) is 5.73 Å². The van der Waals surface area contributed by atoms with E-state index in [2.05, 4.69) is 4.74 Å². The summed E-state index contributed by atoms with van der Waals surface area (Å²) in [6.45, 7) is 0. The van der Waals surface area contributed by atoms with E-state index in [1.54, 1.807) is 0 Å². The number of hydrogen-bond acceptors (Lipinski definition) is 3. The smallest absolute Gasteiger partial charge is 0.337 e. The van der Waals surface area contributed by atoms with Crippen molar-refractivity contribution in [3.8, 4) is 0 Å². The Kier molecular flexibility index (Phi) is 3.74. The van der Waals surface area contributed by atoms with Crippen LogP contribution in [-0.2, 0) is 4.74 Å². The molecule has 5 heteroatoms. The molecule has 0 bridgehead atoms. The van der Waals surface area contributed by atoms with Gasteiger partial charge in [-0.3, -0.25) is 0 Å². The fourth-order valence-corrected chi connectivity index (χ4v) is 1.10. The first-order valence-electron chi connectivity index (χ1n) is 4.28. The highest BCUT2D eigenvalue weighted by molar-refractivity contribution is 5.89. The zero-order valence-electron chi connectivity index (χ0n) is 8.11. The number of ether oxygens (including phenoxy) is 1. The topological polar surface area (TPSA) is 52.3 Å². The first kappa shape index (κ1) is 11.6. The molecule has 1 aromatic carbocycles. The number of nitrogens with two attached hydrogens (primary N) is 1. The summed E-state index contributed by atoms with van der Waals surface area (Å²) in [5.41, 5.74) is 5.83. The van der Waals surface area contributed by atoms with E-state index in [9.17, 15) is 13.6 Å². The minimum absolute atomic E-state index is 0.289.